The van der Waals surface area contributed by atoms with Gasteiger partial charge in [0.25, 0.3) is 10.0 Å². The lowest BCUT2D eigenvalue weighted by atomic mass is 10.2. The summed E-state index contributed by atoms with van der Waals surface area (Å²) in [5.41, 5.74) is 1.28. The first-order valence-corrected chi connectivity index (χ1v) is 10.9. The summed E-state index contributed by atoms with van der Waals surface area (Å²) in [6.45, 7) is 3.52. The van der Waals surface area contributed by atoms with E-state index in [0.717, 1.165) is 0 Å². The van der Waals surface area contributed by atoms with Gasteiger partial charge in [0.05, 0.1) is 10.6 Å². The van der Waals surface area contributed by atoms with E-state index in [0.29, 0.717) is 16.9 Å². The highest BCUT2D eigenvalue weighted by Crippen LogP contribution is 2.18. The van der Waals surface area contributed by atoms with Crippen LogP contribution in [-0.4, -0.2) is 24.3 Å². The molecule has 0 unspecified atom stereocenters. The summed E-state index contributed by atoms with van der Waals surface area (Å²) in [7, 11) is -3.94. The van der Waals surface area contributed by atoms with Gasteiger partial charge in [-0.05, 0) is 48.6 Å². The van der Waals surface area contributed by atoms with Crippen LogP contribution in [0.2, 0.25) is 0 Å². The number of hydrogen-bond donors (Lipinski definition) is 2. The van der Waals surface area contributed by atoms with E-state index in [1.807, 2.05) is 0 Å². The molecule has 0 radical (unpaired) electrons. The average molecular weight is 441 g/mol. The molecule has 0 atom stereocenters. The van der Waals surface area contributed by atoms with Crippen molar-refractivity contribution in [3.63, 3.8) is 0 Å². The van der Waals surface area contributed by atoms with E-state index in [1.54, 1.807) is 50.3 Å². The van der Waals surface area contributed by atoms with E-state index in [2.05, 4.69) is 20.0 Å². The molecular formula is C22H21FN4O3S. The lowest BCUT2D eigenvalue weighted by molar-refractivity contribution is -0.118. The summed E-state index contributed by atoms with van der Waals surface area (Å²) in [5, 5.41) is 2.70. The third-order valence-electron chi connectivity index (χ3n) is 4.20. The van der Waals surface area contributed by atoms with Crippen LogP contribution in [0.1, 0.15) is 25.1 Å². The van der Waals surface area contributed by atoms with Crippen molar-refractivity contribution in [2.75, 3.05) is 10.0 Å². The number of carbonyl (C=O) groups is 1. The Kier molecular flexibility index (Phi) is 6.76. The van der Waals surface area contributed by atoms with E-state index in [4.69, 9.17) is 0 Å². The molecule has 160 valence electrons. The Morgan fingerprint density at radius 1 is 1.03 bits per heavy atom. The highest BCUT2D eigenvalue weighted by molar-refractivity contribution is 7.92. The predicted octanol–water partition coefficient (Wildman–Crippen LogP) is 4.18. The number of amides is 1. The van der Waals surface area contributed by atoms with E-state index < -0.39 is 10.0 Å². The van der Waals surface area contributed by atoms with Gasteiger partial charge in [-0.25, -0.2) is 27.5 Å². The minimum Gasteiger partial charge on any atom is -0.326 e. The summed E-state index contributed by atoms with van der Waals surface area (Å²) >= 11 is 0. The van der Waals surface area contributed by atoms with Crippen molar-refractivity contribution >= 4 is 39.7 Å². The third kappa shape index (κ3) is 5.95. The van der Waals surface area contributed by atoms with Crippen LogP contribution in [0.4, 0.5) is 16.0 Å². The van der Waals surface area contributed by atoms with Crippen LogP contribution in [0.25, 0.3) is 12.2 Å². The zero-order valence-corrected chi connectivity index (χ0v) is 17.7. The van der Waals surface area contributed by atoms with Crippen molar-refractivity contribution in [2.24, 2.45) is 5.92 Å². The lowest BCUT2D eigenvalue weighted by Gasteiger charge is -2.10. The molecule has 1 heterocycles. The molecule has 3 aromatic rings. The lowest BCUT2D eigenvalue weighted by Crippen LogP contribution is -2.18. The molecule has 0 fully saturated rings. The summed E-state index contributed by atoms with van der Waals surface area (Å²) in [6, 6.07) is 13.6. The summed E-state index contributed by atoms with van der Waals surface area (Å²) < 4.78 is 41.3. The molecule has 0 saturated heterocycles. The summed E-state index contributed by atoms with van der Waals surface area (Å²) in [5.74, 6) is -0.848. The normalized spacial score (nSPS) is 11.6. The minimum atomic E-state index is -3.94. The Morgan fingerprint density at radius 3 is 2.42 bits per heavy atom. The molecule has 0 aliphatic carbocycles. The van der Waals surface area contributed by atoms with Gasteiger partial charge in [-0.15, -0.1) is 0 Å². The van der Waals surface area contributed by atoms with Gasteiger partial charge < -0.3 is 5.32 Å². The maximum absolute atomic E-state index is 13.7. The smallest absolute Gasteiger partial charge is 0.264 e. The second-order valence-corrected chi connectivity index (χ2v) is 8.62. The summed E-state index contributed by atoms with van der Waals surface area (Å²) in [6.07, 6.45) is 4.50. The molecule has 0 bridgehead atoms. The molecule has 9 heteroatoms. The van der Waals surface area contributed by atoms with E-state index in [1.165, 1.54) is 36.5 Å². The van der Waals surface area contributed by atoms with E-state index >= 15 is 0 Å². The number of hydrogen-bond acceptors (Lipinski definition) is 5. The molecule has 0 aliphatic rings. The first-order chi connectivity index (χ1) is 14.7. The first-order valence-electron chi connectivity index (χ1n) is 9.44. The Balaban J connectivity index is 1.73. The van der Waals surface area contributed by atoms with Gasteiger partial charge in [0.1, 0.15) is 5.82 Å². The Morgan fingerprint density at radius 2 is 1.74 bits per heavy atom. The van der Waals surface area contributed by atoms with Crippen molar-refractivity contribution in [2.45, 2.75) is 18.7 Å². The third-order valence-corrected chi connectivity index (χ3v) is 5.54. The second kappa shape index (κ2) is 9.48. The van der Waals surface area contributed by atoms with Gasteiger partial charge in [-0.1, -0.05) is 32.0 Å². The molecular weight excluding hydrogens is 419 g/mol. The SMILES string of the molecule is CC(C)C(=O)Nc1ccc(S(=O)(=O)Nc2nccc(C=Cc3ccccc3F)n2)cc1. The van der Waals surface area contributed by atoms with Crippen LogP contribution in [0, 0.1) is 11.7 Å². The van der Waals surface area contributed by atoms with Crippen LogP contribution in [0.3, 0.4) is 0 Å². The van der Waals surface area contributed by atoms with E-state index in [9.17, 15) is 17.6 Å². The second-order valence-electron chi connectivity index (χ2n) is 6.93. The number of halogens is 1. The van der Waals surface area contributed by atoms with Gasteiger partial charge in [0.15, 0.2) is 0 Å². The summed E-state index contributed by atoms with van der Waals surface area (Å²) in [4.78, 5) is 19.8. The minimum absolute atomic E-state index is 0.00838. The monoisotopic (exact) mass is 440 g/mol. The average Bonchev–Trinajstić information content (AvgIpc) is 2.73. The van der Waals surface area contributed by atoms with E-state index in [-0.39, 0.29) is 28.5 Å². The molecule has 1 amide bonds. The predicted molar refractivity (Wildman–Crippen MR) is 118 cm³/mol. The zero-order valence-electron chi connectivity index (χ0n) is 16.9. The molecule has 2 N–H and O–H groups in total. The van der Waals surface area contributed by atoms with Gasteiger partial charge >= 0.3 is 0 Å². The number of sulfonamides is 1. The van der Waals surface area contributed by atoms with Gasteiger partial charge in [-0.3, -0.25) is 4.79 Å². The molecule has 31 heavy (non-hydrogen) atoms. The Bertz CT molecular complexity index is 1210. The van der Waals surface area contributed by atoms with Crippen LogP contribution >= 0.6 is 0 Å². The maximum Gasteiger partial charge on any atom is 0.264 e. The fourth-order valence-corrected chi connectivity index (χ4v) is 3.43. The standard InChI is InChI=1S/C22H21FN4O3S/c1-15(2)21(28)25-17-9-11-19(12-10-17)31(29,30)27-22-24-14-13-18(26-22)8-7-16-5-3-4-6-20(16)23/h3-15H,1-2H3,(H,25,28)(H,24,26,27). The van der Waals surface area contributed by atoms with Crippen LogP contribution in [0.15, 0.2) is 65.7 Å². The number of carbonyl (C=O) groups excluding carboxylic acids is 1. The van der Waals surface area contributed by atoms with Crippen molar-refractivity contribution in [3.05, 3.63) is 77.9 Å². The molecule has 7 nitrogen and oxygen atoms in total. The maximum atomic E-state index is 13.7. The van der Waals surface area contributed by atoms with Crippen LogP contribution in [0.5, 0.6) is 0 Å². The van der Waals surface area contributed by atoms with Crippen molar-refractivity contribution < 1.29 is 17.6 Å². The molecule has 3 rings (SSSR count). The Hall–Kier alpha value is -3.59. The number of nitrogens with zero attached hydrogens (tertiary/aromatic N) is 2. The quantitative estimate of drug-likeness (QED) is 0.574. The van der Waals surface area contributed by atoms with Crippen LogP contribution in [-0.2, 0) is 14.8 Å². The number of rotatable bonds is 7. The van der Waals surface area contributed by atoms with Gasteiger partial charge in [0, 0.05) is 23.4 Å². The highest BCUT2D eigenvalue weighted by Gasteiger charge is 2.16. The number of nitrogens with one attached hydrogen (secondary N) is 2. The molecule has 2 aromatic carbocycles. The van der Waals surface area contributed by atoms with Gasteiger partial charge in [0.2, 0.25) is 11.9 Å². The van der Waals surface area contributed by atoms with Crippen molar-refractivity contribution in [3.8, 4) is 0 Å². The van der Waals surface area contributed by atoms with Gasteiger partial charge in [-0.2, -0.15) is 0 Å². The van der Waals surface area contributed by atoms with Crippen LogP contribution < -0.4 is 10.0 Å². The largest absolute Gasteiger partial charge is 0.326 e. The number of benzene rings is 2. The van der Waals surface area contributed by atoms with Crippen molar-refractivity contribution in [1.29, 1.82) is 0 Å². The molecule has 0 aliphatic heterocycles. The molecule has 1 aromatic heterocycles. The zero-order chi connectivity index (χ0) is 22.4. The number of aromatic nitrogens is 2. The highest BCUT2D eigenvalue weighted by atomic mass is 32.2. The number of anilines is 2. The van der Waals surface area contributed by atoms with Crippen molar-refractivity contribution in [1.82, 2.24) is 9.97 Å². The fourth-order valence-electron chi connectivity index (χ4n) is 2.48. The first kappa shape index (κ1) is 22.1. The Labute approximate surface area is 180 Å². The fraction of sp³-hybridized carbons (Fsp3) is 0.136. The molecule has 0 saturated carbocycles. The topological polar surface area (TPSA) is 101 Å². The molecule has 0 spiro atoms.